The molecule has 0 aromatic carbocycles. The van der Waals surface area contributed by atoms with Crippen molar-refractivity contribution in [2.75, 3.05) is 25.2 Å². The van der Waals surface area contributed by atoms with Crippen LogP contribution in [0.3, 0.4) is 0 Å². The summed E-state index contributed by atoms with van der Waals surface area (Å²) in [5.41, 5.74) is 0. The number of rotatable bonds is 18. The molecule has 0 saturated heterocycles. The van der Waals surface area contributed by atoms with Gasteiger partial charge in [-0.3, -0.25) is 4.21 Å². The van der Waals surface area contributed by atoms with Crippen molar-refractivity contribution in [3.8, 4) is 0 Å². The third-order valence-corrected chi connectivity index (χ3v) is 4.98. The monoisotopic (exact) mass is 332 g/mol. The van der Waals surface area contributed by atoms with Crippen LogP contribution in [0.15, 0.2) is 0 Å². The second-order valence-corrected chi connectivity index (χ2v) is 8.04. The molecule has 0 amide bonds. The second-order valence-electron chi connectivity index (χ2n) is 6.49. The Morgan fingerprint density at radius 3 is 1.50 bits per heavy atom. The highest BCUT2D eigenvalue weighted by Gasteiger charge is 1.95. The Labute approximate surface area is 142 Å². The van der Waals surface area contributed by atoms with Crippen LogP contribution in [0, 0.1) is 0 Å². The van der Waals surface area contributed by atoms with Crippen LogP contribution < -0.4 is 0 Å². The van der Waals surface area contributed by atoms with E-state index >= 15 is 0 Å². The van der Waals surface area contributed by atoms with Crippen molar-refractivity contribution in [3.63, 3.8) is 0 Å². The highest BCUT2D eigenvalue weighted by Crippen LogP contribution is 2.12. The average molecular weight is 333 g/mol. The standard InChI is InChI=1S/C19H40O2S/c1-3-4-17-21-18-15-13-11-9-7-5-6-8-10-12-14-16-19-22(2)20/h3-19H2,1-2H3. The van der Waals surface area contributed by atoms with Gasteiger partial charge in [-0.2, -0.15) is 0 Å². The molecule has 2 nitrogen and oxygen atoms in total. The molecule has 1 atom stereocenters. The van der Waals surface area contributed by atoms with Gasteiger partial charge in [0, 0.05) is 36.0 Å². The number of ether oxygens (including phenoxy) is 1. The van der Waals surface area contributed by atoms with Gasteiger partial charge in [0.2, 0.25) is 0 Å². The molecule has 22 heavy (non-hydrogen) atoms. The quantitative estimate of drug-likeness (QED) is 0.294. The Balaban J connectivity index is 2.95. The van der Waals surface area contributed by atoms with Gasteiger partial charge in [0.05, 0.1) is 0 Å². The smallest absolute Gasteiger partial charge is 0.0466 e. The van der Waals surface area contributed by atoms with Crippen molar-refractivity contribution in [1.82, 2.24) is 0 Å². The van der Waals surface area contributed by atoms with Gasteiger partial charge < -0.3 is 4.74 Å². The zero-order valence-electron chi connectivity index (χ0n) is 15.2. The number of unbranched alkanes of at least 4 members (excludes halogenated alkanes) is 12. The normalized spacial score (nSPS) is 12.6. The van der Waals surface area contributed by atoms with Gasteiger partial charge >= 0.3 is 0 Å². The van der Waals surface area contributed by atoms with E-state index in [1.165, 1.54) is 83.5 Å². The highest BCUT2D eigenvalue weighted by molar-refractivity contribution is 7.84. The van der Waals surface area contributed by atoms with Crippen molar-refractivity contribution >= 4 is 10.8 Å². The van der Waals surface area contributed by atoms with E-state index < -0.39 is 10.8 Å². The van der Waals surface area contributed by atoms with Gasteiger partial charge in [0.1, 0.15) is 0 Å². The van der Waals surface area contributed by atoms with E-state index in [9.17, 15) is 4.21 Å². The second kappa shape index (κ2) is 19.2. The van der Waals surface area contributed by atoms with Crippen LogP contribution in [-0.2, 0) is 15.5 Å². The van der Waals surface area contributed by atoms with Crippen LogP contribution in [0.5, 0.6) is 0 Å². The number of hydrogen-bond donors (Lipinski definition) is 0. The van der Waals surface area contributed by atoms with Crippen LogP contribution in [-0.4, -0.2) is 29.4 Å². The average Bonchev–Trinajstić information content (AvgIpc) is 2.50. The summed E-state index contributed by atoms with van der Waals surface area (Å²) in [4.78, 5) is 0. The SMILES string of the molecule is CCCCOCCCCCCCCCCCCCCS(C)=O. The molecule has 0 spiro atoms. The maximum absolute atomic E-state index is 10.9. The molecular weight excluding hydrogens is 292 g/mol. The van der Waals surface area contributed by atoms with Crippen molar-refractivity contribution in [1.29, 1.82) is 0 Å². The first-order valence-corrected chi connectivity index (χ1v) is 11.4. The first-order valence-electron chi connectivity index (χ1n) is 9.65. The van der Waals surface area contributed by atoms with E-state index in [0.29, 0.717) is 0 Å². The van der Waals surface area contributed by atoms with E-state index in [0.717, 1.165) is 25.4 Å². The molecule has 1 unspecified atom stereocenters. The lowest BCUT2D eigenvalue weighted by Crippen LogP contribution is -1.96. The van der Waals surface area contributed by atoms with Crippen LogP contribution in [0.25, 0.3) is 0 Å². The molecule has 0 heterocycles. The minimum atomic E-state index is -0.591. The van der Waals surface area contributed by atoms with E-state index in [2.05, 4.69) is 6.92 Å². The minimum absolute atomic E-state index is 0.591. The summed E-state index contributed by atoms with van der Waals surface area (Å²) in [5, 5.41) is 0. The summed E-state index contributed by atoms with van der Waals surface area (Å²) in [6.45, 7) is 4.12. The Kier molecular flexibility index (Phi) is 19.3. The van der Waals surface area contributed by atoms with E-state index in [1.54, 1.807) is 6.26 Å². The molecule has 0 aromatic rings. The largest absolute Gasteiger partial charge is 0.381 e. The maximum atomic E-state index is 10.9. The Morgan fingerprint density at radius 1 is 0.636 bits per heavy atom. The fraction of sp³-hybridized carbons (Fsp3) is 1.00. The Hall–Kier alpha value is 0.110. The van der Waals surface area contributed by atoms with Crippen LogP contribution in [0.2, 0.25) is 0 Å². The van der Waals surface area contributed by atoms with Gasteiger partial charge in [-0.1, -0.05) is 77.6 Å². The highest BCUT2D eigenvalue weighted by atomic mass is 32.2. The summed E-state index contributed by atoms with van der Waals surface area (Å²) in [5.74, 6) is 0.893. The molecule has 134 valence electrons. The van der Waals surface area contributed by atoms with Crippen molar-refractivity contribution in [2.45, 2.75) is 96.8 Å². The van der Waals surface area contributed by atoms with Gasteiger partial charge in [0.25, 0.3) is 0 Å². The van der Waals surface area contributed by atoms with Crippen molar-refractivity contribution in [2.24, 2.45) is 0 Å². The third-order valence-electron chi connectivity index (χ3n) is 4.11. The van der Waals surface area contributed by atoms with Gasteiger partial charge in [0.15, 0.2) is 0 Å². The molecule has 0 aromatic heterocycles. The molecule has 0 rings (SSSR count). The molecule has 3 heteroatoms. The fourth-order valence-electron chi connectivity index (χ4n) is 2.63. The topological polar surface area (TPSA) is 26.3 Å². The van der Waals surface area contributed by atoms with Crippen LogP contribution in [0.1, 0.15) is 96.8 Å². The zero-order chi connectivity index (χ0) is 16.3. The summed E-state index contributed by atoms with van der Waals surface area (Å²) >= 11 is 0. The fourth-order valence-corrected chi connectivity index (χ4v) is 3.24. The van der Waals surface area contributed by atoms with E-state index in [1.807, 2.05) is 0 Å². The summed E-state index contributed by atoms with van der Waals surface area (Å²) in [6.07, 6.45) is 20.3. The van der Waals surface area contributed by atoms with Crippen molar-refractivity contribution in [3.05, 3.63) is 0 Å². The van der Waals surface area contributed by atoms with Crippen LogP contribution >= 0.6 is 0 Å². The number of hydrogen-bond acceptors (Lipinski definition) is 2. The molecule has 0 radical (unpaired) electrons. The lowest BCUT2D eigenvalue weighted by Gasteiger charge is -2.04. The summed E-state index contributed by atoms with van der Waals surface area (Å²) in [7, 11) is -0.591. The molecular formula is C19H40O2S. The van der Waals surface area contributed by atoms with Gasteiger partial charge in [-0.15, -0.1) is 0 Å². The lowest BCUT2D eigenvalue weighted by atomic mass is 10.1. The maximum Gasteiger partial charge on any atom is 0.0466 e. The predicted molar refractivity (Wildman–Crippen MR) is 100 cm³/mol. The first kappa shape index (κ1) is 22.1. The third kappa shape index (κ3) is 20.1. The molecule has 0 N–H and O–H groups in total. The molecule has 0 bridgehead atoms. The predicted octanol–water partition coefficient (Wildman–Crippen LogP) is 5.86. The van der Waals surface area contributed by atoms with E-state index in [4.69, 9.17) is 4.74 Å². The minimum Gasteiger partial charge on any atom is -0.381 e. The molecule has 0 fully saturated rings. The van der Waals surface area contributed by atoms with E-state index in [-0.39, 0.29) is 0 Å². The van der Waals surface area contributed by atoms with Gasteiger partial charge in [-0.25, -0.2) is 0 Å². The Bertz CT molecular complexity index is 231. The van der Waals surface area contributed by atoms with Crippen LogP contribution in [0.4, 0.5) is 0 Å². The molecule has 0 aliphatic carbocycles. The molecule has 0 aliphatic rings. The molecule has 0 saturated carbocycles. The van der Waals surface area contributed by atoms with Crippen molar-refractivity contribution < 1.29 is 8.95 Å². The first-order chi connectivity index (χ1) is 10.8. The van der Waals surface area contributed by atoms with Gasteiger partial charge in [-0.05, 0) is 19.3 Å². The zero-order valence-corrected chi connectivity index (χ0v) is 16.1. The molecule has 0 aliphatic heterocycles. The summed E-state index contributed by atoms with van der Waals surface area (Å²) in [6, 6.07) is 0. The Morgan fingerprint density at radius 2 is 1.05 bits per heavy atom. The lowest BCUT2D eigenvalue weighted by molar-refractivity contribution is 0.127. The summed E-state index contributed by atoms with van der Waals surface area (Å²) < 4.78 is 16.5.